The van der Waals surface area contributed by atoms with Gasteiger partial charge in [0.2, 0.25) is 0 Å². The maximum Gasteiger partial charge on any atom is 0.255 e. The van der Waals surface area contributed by atoms with E-state index >= 15 is 0 Å². The Morgan fingerprint density at radius 1 is 1.00 bits per heavy atom. The van der Waals surface area contributed by atoms with Gasteiger partial charge in [0, 0.05) is 36.2 Å². The van der Waals surface area contributed by atoms with Gasteiger partial charge in [-0.15, -0.1) is 0 Å². The lowest BCUT2D eigenvalue weighted by molar-refractivity contribution is -0.119. The molecular weight excluding hydrogens is 467 g/mol. The number of rotatable bonds is 4. The number of halogens is 4. The van der Waals surface area contributed by atoms with Crippen molar-refractivity contribution in [1.82, 2.24) is 0 Å². The van der Waals surface area contributed by atoms with Gasteiger partial charge in [-0.3, -0.25) is 9.59 Å². The second-order valence-electron chi connectivity index (χ2n) is 8.24. The van der Waals surface area contributed by atoms with Crippen molar-refractivity contribution in [1.29, 1.82) is 0 Å². The molecule has 1 N–H and O–H groups in total. The van der Waals surface area contributed by atoms with E-state index < -0.39 is 38.4 Å². The average molecular weight is 486 g/mol. The van der Waals surface area contributed by atoms with Crippen LogP contribution < -0.4 is 5.32 Å². The van der Waals surface area contributed by atoms with Crippen LogP contribution in [0.1, 0.15) is 42.5 Å². The highest BCUT2D eigenvalue weighted by molar-refractivity contribution is 7.92. The van der Waals surface area contributed by atoms with Gasteiger partial charge in [-0.25, -0.2) is 21.6 Å². The molecule has 0 spiro atoms. The molecule has 2 bridgehead atoms. The summed E-state index contributed by atoms with van der Waals surface area (Å²) in [6.45, 7) is 0. The molecule has 4 rings (SSSR count). The van der Waals surface area contributed by atoms with Gasteiger partial charge in [-0.1, -0.05) is 11.6 Å². The lowest BCUT2D eigenvalue weighted by Crippen LogP contribution is -2.31. The van der Waals surface area contributed by atoms with Gasteiger partial charge in [0.15, 0.2) is 27.3 Å². The number of anilines is 1. The second kappa shape index (κ2) is 8.51. The Balaban J connectivity index is 1.65. The van der Waals surface area contributed by atoms with E-state index in [0.717, 1.165) is 6.07 Å². The first-order valence-corrected chi connectivity index (χ1v) is 12.0. The van der Waals surface area contributed by atoms with Crippen molar-refractivity contribution in [2.24, 2.45) is 11.8 Å². The molecule has 0 radical (unpaired) electrons. The number of carbonyl (C=O) groups is 2. The molecule has 2 saturated carbocycles. The van der Waals surface area contributed by atoms with Crippen LogP contribution in [0.4, 0.5) is 18.9 Å². The van der Waals surface area contributed by atoms with Crippen LogP contribution in [-0.4, -0.2) is 25.4 Å². The molecule has 170 valence electrons. The Labute approximate surface area is 187 Å². The number of sulfone groups is 1. The van der Waals surface area contributed by atoms with E-state index in [9.17, 15) is 31.2 Å². The Morgan fingerprint density at radius 3 is 2.34 bits per heavy atom. The molecule has 0 aromatic heterocycles. The second-order valence-corrected chi connectivity index (χ2v) is 10.7. The van der Waals surface area contributed by atoms with Crippen LogP contribution >= 0.6 is 11.6 Å². The summed E-state index contributed by atoms with van der Waals surface area (Å²) in [4.78, 5) is 24.4. The first-order chi connectivity index (χ1) is 15.1. The summed E-state index contributed by atoms with van der Waals surface area (Å²) in [5.41, 5.74) is -0.429. The minimum atomic E-state index is -3.96. The van der Waals surface area contributed by atoms with Gasteiger partial charge in [0.25, 0.3) is 5.91 Å². The van der Waals surface area contributed by atoms with Crippen LogP contribution in [0.15, 0.2) is 35.2 Å². The predicted octanol–water partition coefficient (Wildman–Crippen LogP) is 4.93. The molecule has 0 aliphatic heterocycles. The maximum atomic E-state index is 13.5. The molecule has 32 heavy (non-hydrogen) atoms. The number of benzene rings is 2. The summed E-state index contributed by atoms with van der Waals surface area (Å²) < 4.78 is 67.0. The molecule has 2 unspecified atom stereocenters. The first kappa shape index (κ1) is 22.8. The van der Waals surface area contributed by atoms with E-state index in [-0.39, 0.29) is 45.2 Å². The van der Waals surface area contributed by atoms with Crippen LogP contribution in [0, 0.1) is 29.3 Å². The zero-order valence-electron chi connectivity index (χ0n) is 16.7. The summed E-state index contributed by atoms with van der Waals surface area (Å²) in [7, 11) is -3.96. The fraction of sp³-hybridized carbons (Fsp3) is 0.364. The molecule has 2 aromatic rings. The monoisotopic (exact) mass is 485 g/mol. The summed E-state index contributed by atoms with van der Waals surface area (Å²) in [6.07, 6.45) is 2.41. The van der Waals surface area contributed by atoms with Crippen LogP contribution in [0.2, 0.25) is 5.02 Å². The minimum absolute atomic E-state index is 0.0513. The number of carbonyl (C=O) groups excluding carboxylic acids is 2. The summed E-state index contributed by atoms with van der Waals surface area (Å²) in [5, 5.41) is 1.40. The molecule has 10 heteroatoms. The third-order valence-corrected chi connectivity index (χ3v) is 9.10. The Hall–Kier alpha value is -2.39. The van der Waals surface area contributed by atoms with Gasteiger partial charge in [-0.2, -0.15) is 0 Å². The molecule has 2 aromatic carbocycles. The highest BCUT2D eigenvalue weighted by Crippen LogP contribution is 2.46. The number of fused-ring (bicyclic) bond motifs is 2. The lowest BCUT2D eigenvalue weighted by atomic mass is 10.0. The number of amides is 1. The Morgan fingerprint density at radius 2 is 1.66 bits per heavy atom. The van der Waals surface area contributed by atoms with Gasteiger partial charge < -0.3 is 5.32 Å². The van der Waals surface area contributed by atoms with Crippen molar-refractivity contribution in [2.45, 2.75) is 42.2 Å². The topological polar surface area (TPSA) is 80.3 Å². The van der Waals surface area contributed by atoms with Crippen molar-refractivity contribution in [3.63, 3.8) is 0 Å². The molecule has 0 heterocycles. The standard InChI is InChI=1S/C22H19ClF3NO4S/c23-16-6-4-13(22(29)27-14-9-17(24)20(26)18(25)10-14)8-19(16)32(30,31)21-11-1-2-12(21)7-15(28)5-3-11/h4,6,8-12,21H,1-3,5,7H2,(H,27,29)/t11?,12?,21-/m1/s1. The highest BCUT2D eigenvalue weighted by Gasteiger charge is 2.47. The zero-order chi connectivity index (χ0) is 23.2. The van der Waals surface area contributed by atoms with E-state index in [1.54, 1.807) is 0 Å². The zero-order valence-corrected chi connectivity index (χ0v) is 18.3. The molecule has 1 amide bonds. The Bertz CT molecular complexity index is 1190. The predicted molar refractivity (Wildman–Crippen MR) is 112 cm³/mol. The van der Waals surface area contributed by atoms with Crippen molar-refractivity contribution in [3.05, 3.63) is 58.4 Å². The smallest absolute Gasteiger partial charge is 0.255 e. The third-order valence-electron chi connectivity index (χ3n) is 6.22. The first-order valence-electron chi connectivity index (χ1n) is 10.1. The molecule has 2 aliphatic carbocycles. The van der Waals surface area contributed by atoms with E-state index in [1.807, 2.05) is 0 Å². The number of hydrogen-bond donors (Lipinski definition) is 1. The molecule has 2 aliphatic rings. The van der Waals surface area contributed by atoms with Crippen LogP contribution in [0.5, 0.6) is 0 Å². The van der Waals surface area contributed by atoms with E-state index in [2.05, 4.69) is 5.32 Å². The maximum absolute atomic E-state index is 13.5. The van der Waals surface area contributed by atoms with E-state index in [1.165, 1.54) is 12.1 Å². The number of nitrogens with one attached hydrogen (secondary N) is 1. The number of Topliss-reactive ketones (excluding diaryl/α,β-unsaturated/α-hetero) is 1. The van der Waals surface area contributed by atoms with Crippen molar-refractivity contribution in [2.75, 3.05) is 5.32 Å². The average Bonchev–Trinajstić information content (AvgIpc) is 3.04. The van der Waals surface area contributed by atoms with Gasteiger partial charge in [0.05, 0.1) is 15.2 Å². The molecule has 2 fully saturated rings. The van der Waals surface area contributed by atoms with Crippen LogP contribution in [0.25, 0.3) is 0 Å². The third kappa shape index (κ3) is 4.15. The van der Waals surface area contributed by atoms with Crippen LogP contribution in [-0.2, 0) is 14.6 Å². The van der Waals surface area contributed by atoms with Crippen molar-refractivity contribution >= 4 is 38.8 Å². The lowest BCUT2D eigenvalue weighted by Gasteiger charge is -2.23. The molecular formula is C22H19ClF3NO4S. The SMILES string of the molecule is O=C1CCC2CCC(C1)[C@@H]2S(=O)(=O)c1cc(C(=O)Nc2cc(F)c(F)c(F)c2)ccc1Cl. The fourth-order valence-corrected chi connectivity index (χ4v) is 7.64. The van der Waals surface area contributed by atoms with Gasteiger partial charge in [-0.05, 0) is 49.3 Å². The molecule has 0 saturated heterocycles. The Kier molecular flexibility index (Phi) is 6.06. The van der Waals surface area contributed by atoms with Crippen LogP contribution in [0.3, 0.4) is 0 Å². The van der Waals surface area contributed by atoms with Gasteiger partial charge >= 0.3 is 0 Å². The normalized spacial score (nSPS) is 23.1. The number of ketones is 1. The fourth-order valence-electron chi connectivity index (χ4n) is 4.76. The van der Waals surface area contributed by atoms with Gasteiger partial charge in [0.1, 0.15) is 5.78 Å². The molecule has 5 nitrogen and oxygen atoms in total. The van der Waals surface area contributed by atoms with Crippen molar-refractivity contribution < 1.29 is 31.2 Å². The summed E-state index contributed by atoms with van der Waals surface area (Å²) in [6, 6.07) is 4.89. The van der Waals surface area contributed by atoms with E-state index in [4.69, 9.17) is 11.6 Å². The van der Waals surface area contributed by atoms with Crippen molar-refractivity contribution in [3.8, 4) is 0 Å². The highest BCUT2D eigenvalue weighted by atomic mass is 35.5. The summed E-state index contributed by atoms with van der Waals surface area (Å²) in [5.74, 6) is -5.86. The van der Waals surface area contributed by atoms with E-state index in [0.29, 0.717) is 37.8 Å². The number of hydrogen-bond acceptors (Lipinski definition) is 4. The minimum Gasteiger partial charge on any atom is -0.322 e. The summed E-state index contributed by atoms with van der Waals surface area (Å²) >= 11 is 6.19. The largest absolute Gasteiger partial charge is 0.322 e. The molecule has 3 atom stereocenters. The quantitative estimate of drug-likeness (QED) is 0.623.